The maximum Gasteiger partial charge on any atom is 0.416 e. The van der Waals surface area contributed by atoms with Crippen LogP contribution in [0.25, 0.3) is 5.65 Å². The zero-order valence-corrected chi connectivity index (χ0v) is 17.4. The molecule has 31 heavy (non-hydrogen) atoms. The minimum atomic E-state index is -4.35. The number of halogens is 3. The lowest BCUT2D eigenvalue weighted by Crippen LogP contribution is -2.48. The van der Waals surface area contributed by atoms with Crippen LogP contribution in [0.1, 0.15) is 34.5 Å². The predicted molar refractivity (Wildman–Crippen MR) is 111 cm³/mol. The van der Waals surface area contributed by atoms with Crippen LogP contribution < -0.4 is 4.90 Å². The fraction of sp³-hybridized carbons (Fsp3) is 0.391. The van der Waals surface area contributed by atoms with Gasteiger partial charge in [-0.2, -0.15) is 13.2 Å². The zero-order valence-electron chi connectivity index (χ0n) is 17.4. The van der Waals surface area contributed by atoms with Gasteiger partial charge in [0.1, 0.15) is 5.65 Å². The van der Waals surface area contributed by atoms with Crippen LogP contribution in [0.15, 0.2) is 36.5 Å². The van der Waals surface area contributed by atoms with E-state index < -0.39 is 11.7 Å². The summed E-state index contributed by atoms with van der Waals surface area (Å²) in [7, 11) is 0. The number of rotatable bonds is 3. The number of aromatic nitrogens is 2. The van der Waals surface area contributed by atoms with Crippen molar-refractivity contribution >= 4 is 17.2 Å². The van der Waals surface area contributed by atoms with E-state index in [0.29, 0.717) is 38.3 Å². The van der Waals surface area contributed by atoms with Crippen LogP contribution in [0.4, 0.5) is 18.9 Å². The average Bonchev–Trinajstić information content (AvgIpc) is 3.27. The minimum absolute atomic E-state index is 0.0919. The summed E-state index contributed by atoms with van der Waals surface area (Å²) >= 11 is 0. The van der Waals surface area contributed by atoms with Gasteiger partial charge in [0.05, 0.1) is 17.8 Å². The van der Waals surface area contributed by atoms with Gasteiger partial charge >= 0.3 is 6.18 Å². The summed E-state index contributed by atoms with van der Waals surface area (Å²) in [5, 5.41) is 0. The summed E-state index contributed by atoms with van der Waals surface area (Å²) in [6.07, 6.45) is -1.94. The summed E-state index contributed by atoms with van der Waals surface area (Å²) in [5.74, 6) is 0.247. The molecule has 1 fully saturated rings. The lowest BCUT2D eigenvalue weighted by molar-refractivity contribution is -0.137. The SMILES string of the molecule is Cc1cn2c3c(c(C)cc2n1)CN(C(=O)CC1CN(c2cccc(C(F)(F)F)c2)C1)C3. The number of carbonyl (C=O) groups is 1. The maximum absolute atomic E-state index is 12.9. The highest BCUT2D eigenvalue weighted by molar-refractivity contribution is 5.78. The quantitative estimate of drug-likeness (QED) is 0.623. The van der Waals surface area contributed by atoms with E-state index in [4.69, 9.17) is 0 Å². The molecule has 5 rings (SSSR count). The van der Waals surface area contributed by atoms with E-state index in [1.807, 2.05) is 22.9 Å². The molecule has 0 atom stereocenters. The number of hydrogen-bond donors (Lipinski definition) is 0. The Hall–Kier alpha value is -3.03. The summed E-state index contributed by atoms with van der Waals surface area (Å²) in [6, 6.07) is 7.43. The molecule has 0 saturated carbocycles. The zero-order chi connectivity index (χ0) is 21.9. The van der Waals surface area contributed by atoms with E-state index in [2.05, 4.69) is 22.4 Å². The standard InChI is InChI=1S/C23H23F3N4O/c1-14-6-21-27-15(2)9-30(21)20-13-29(12-19(14)20)22(31)7-16-10-28(11-16)18-5-3-4-17(8-18)23(24,25)26/h3-6,8-9,16H,7,10-13H2,1-2H3. The molecule has 1 amide bonds. The third kappa shape index (κ3) is 3.54. The Labute approximate surface area is 178 Å². The lowest BCUT2D eigenvalue weighted by Gasteiger charge is -2.41. The highest BCUT2D eigenvalue weighted by Gasteiger charge is 2.35. The number of fused-ring (bicyclic) bond motifs is 3. The van der Waals surface area contributed by atoms with Crippen molar-refractivity contribution in [2.24, 2.45) is 5.92 Å². The normalized spacial score (nSPS) is 16.7. The molecular formula is C23H23F3N4O. The minimum Gasteiger partial charge on any atom is -0.371 e. The smallest absolute Gasteiger partial charge is 0.371 e. The van der Waals surface area contributed by atoms with Gasteiger partial charge in [-0.15, -0.1) is 0 Å². The molecule has 1 saturated heterocycles. The van der Waals surface area contributed by atoms with Gasteiger partial charge in [-0.3, -0.25) is 4.79 Å². The molecule has 0 aliphatic carbocycles. The second-order valence-corrected chi connectivity index (χ2v) is 8.64. The van der Waals surface area contributed by atoms with Crippen molar-refractivity contribution in [3.8, 4) is 0 Å². The number of anilines is 1. The van der Waals surface area contributed by atoms with Gasteiger partial charge in [0.2, 0.25) is 5.91 Å². The number of hydrogen-bond acceptors (Lipinski definition) is 3. The first-order valence-corrected chi connectivity index (χ1v) is 10.4. The first kappa shape index (κ1) is 19.9. The highest BCUT2D eigenvalue weighted by atomic mass is 19.4. The number of imidazole rings is 1. The first-order valence-electron chi connectivity index (χ1n) is 10.4. The molecule has 1 aromatic carbocycles. The first-order chi connectivity index (χ1) is 14.7. The Morgan fingerprint density at radius 2 is 1.94 bits per heavy atom. The molecule has 0 N–H and O–H groups in total. The molecule has 0 spiro atoms. The van der Waals surface area contributed by atoms with Crippen molar-refractivity contribution in [1.29, 1.82) is 0 Å². The van der Waals surface area contributed by atoms with Crippen LogP contribution in [0.5, 0.6) is 0 Å². The third-order valence-electron chi connectivity index (χ3n) is 6.32. The second-order valence-electron chi connectivity index (χ2n) is 8.64. The van der Waals surface area contributed by atoms with E-state index >= 15 is 0 Å². The largest absolute Gasteiger partial charge is 0.416 e. The fourth-order valence-corrected chi connectivity index (χ4v) is 4.64. The van der Waals surface area contributed by atoms with Crippen molar-refractivity contribution < 1.29 is 18.0 Å². The molecule has 0 unspecified atom stereocenters. The number of carbonyl (C=O) groups excluding carboxylic acids is 1. The van der Waals surface area contributed by atoms with Crippen molar-refractivity contribution in [1.82, 2.24) is 14.3 Å². The Morgan fingerprint density at radius 3 is 2.68 bits per heavy atom. The summed E-state index contributed by atoms with van der Waals surface area (Å²) < 4.78 is 40.9. The number of alkyl halides is 3. The Balaban J connectivity index is 1.22. The van der Waals surface area contributed by atoms with Gasteiger partial charge in [0.25, 0.3) is 0 Å². The van der Waals surface area contributed by atoms with Gasteiger partial charge < -0.3 is 14.2 Å². The van der Waals surface area contributed by atoms with Gasteiger partial charge in [-0.25, -0.2) is 4.98 Å². The molecular weight excluding hydrogens is 405 g/mol. The molecule has 2 aliphatic rings. The lowest BCUT2D eigenvalue weighted by atomic mass is 9.94. The number of aryl methyl sites for hydroxylation is 2. The van der Waals surface area contributed by atoms with E-state index in [1.54, 1.807) is 6.07 Å². The van der Waals surface area contributed by atoms with Gasteiger partial charge in [0, 0.05) is 49.6 Å². The van der Waals surface area contributed by atoms with Crippen LogP contribution in [-0.4, -0.2) is 33.3 Å². The number of amides is 1. The van der Waals surface area contributed by atoms with E-state index in [-0.39, 0.29) is 11.8 Å². The Kier molecular flexibility index (Phi) is 4.50. The molecule has 2 aromatic heterocycles. The van der Waals surface area contributed by atoms with Crippen LogP contribution in [0.2, 0.25) is 0 Å². The van der Waals surface area contributed by atoms with Gasteiger partial charge in [-0.05, 0) is 49.2 Å². The summed E-state index contributed by atoms with van der Waals surface area (Å²) in [4.78, 5) is 21.2. The number of benzene rings is 1. The van der Waals surface area contributed by atoms with E-state index in [1.165, 1.54) is 17.7 Å². The number of nitrogens with zero attached hydrogens (tertiary/aromatic N) is 4. The average molecular weight is 428 g/mol. The molecule has 4 heterocycles. The van der Waals surface area contributed by atoms with Crippen LogP contribution in [0, 0.1) is 19.8 Å². The second kappa shape index (κ2) is 7.00. The molecule has 2 aliphatic heterocycles. The predicted octanol–water partition coefficient (Wildman–Crippen LogP) is 4.34. The monoisotopic (exact) mass is 428 g/mol. The molecule has 0 radical (unpaired) electrons. The maximum atomic E-state index is 12.9. The van der Waals surface area contributed by atoms with Gasteiger partial charge in [-0.1, -0.05) is 6.07 Å². The van der Waals surface area contributed by atoms with E-state index in [9.17, 15) is 18.0 Å². The van der Waals surface area contributed by atoms with E-state index in [0.717, 1.165) is 28.7 Å². The van der Waals surface area contributed by atoms with Crippen molar-refractivity contribution in [3.63, 3.8) is 0 Å². The summed E-state index contributed by atoms with van der Waals surface area (Å²) in [6.45, 7) is 6.36. The molecule has 0 bridgehead atoms. The molecule has 5 nitrogen and oxygen atoms in total. The Bertz CT molecular complexity index is 1180. The molecule has 162 valence electrons. The van der Waals surface area contributed by atoms with Crippen LogP contribution in [-0.2, 0) is 24.1 Å². The molecule has 8 heteroatoms. The number of pyridine rings is 1. The van der Waals surface area contributed by atoms with Crippen molar-refractivity contribution in [3.05, 3.63) is 64.6 Å². The summed E-state index contributed by atoms with van der Waals surface area (Å²) in [5.41, 5.74) is 5.19. The Morgan fingerprint density at radius 1 is 1.16 bits per heavy atom. The van der Waals surface area contributed by atoms with Crippen molar-refractivity contribution in [2.45, 2.75) is 39.5 Å². The topological polar surface area (TPSA) is 40.9 Å². The van der Waals surface area contributed by atoms with Crippen LogP contribution in [0.3, 0.4) is 0 Å². The fourth-order valence-electron chi connectivity index (χ4n) is 4.64. The van der Waals surface area contributed by atoms with Crippen LogP contribution >= 0.6 is 0 Å². The third-order valence-corrected chi connectivity index (χ3v) is 6.32. The van der Waals surface area contributed by atoms with Crippen molar-refractivity contribution in [2.75, 3.05) is 18.0 Å². The highest BCUT2D eigenvalue weighted by Crippen LogP contribution is 2.35. The molecule has 3 aromatic rings. The van der Waals surface area contributed by atoms with Gasteiger partial charge in [0.15, 0.2) is 0 Å².